The van der Waals surface area contributed by atoms with Gasteiger partial charge in [0, 0.05) is 38.4 Å². The van der Waals surface area contributed by atoms with Crippen LogP contribution in [-0.4, -0.2) is 56.1 Å². The number of aliphatic hydroxyl groups is 1. The predicted molar refractivity (Wildman–Crippen MR) is 81.1 cm³/mol. The highest BCUT2D eigenvalue weighted by Crippen LogP contribution is 2.19. The van der Waals surface area contributed by atoms with Crippen LogP contribution in [-0.2, 0) is 16.0 Å². The third-order valence-corrected chi connectivity index (χ3v) is 3.36. The maximum absolute atomic E-state index is 13.1. The van der Waals surface area contributed by atoms with E-state index >= 15 is 0 Å². The number of nitrogens with zero attached hydrogens (tertiary/aromatic N) is 1. The van der Waals surface area contributed by atoms with E-state index in [0.29, 0.717) is 37.9 Å². The van der Waals surface area contributed by atoms with E-state index in [4.69, 9.17) is 21.1 Å². The summed E-state index contributed by atoms with van der Waals surface area (Å²) in [5.41, 5.74) is 0.817. The number of hydrogen-bond acceptors (Lipinski definition) is 4. The molecule has 0 aliphatic rings. The molecule has 1 unspecified atom stereocenters. The van der Waals surface area contributed by atoms with Gasteiger partial charge in [0.1, 0.15) is 5.82 Å². The molecule has 0 heterocycles. The molecule has 1 rings (SSSR count). The van der Waals surface area contributed by atoms with E-state index in [2.05, 4.69) is 0 Å². The monoisotopic (exact) mass is 319 g/mol. The van der Waals surface area contributed by atoms with Crippen molar-refractivity contribution in [3.63, 3.8) is 0 Å². The van der Waals surface area contributed by atoms with Crippen LogP contribution in [0.5, 0.6) is 0 Å². The van der Waals surface area contributed by atoms with Crippen LogP contribution < -0.4 is 0 Å². The summed E-state index contributed by atoms with van der Waals surface area (Å²) in [5.74, 6) is -0.358. The maximum atomic E-state index is 13.1. The lowest BCUT2D eigenvalue weighted by Crippen LogP contribution is -2.36. The number of rotatable bonds is 10. The number of methoxy groups -OCH3 is 1. The zero-order valence-electron chi connectivity index (χ0n) is 12.5. The molecule has 0 aromatic heterocycles. The first-order valence-corrected chi connectivity index (χ1v) is 7.35. The van der Waals surface area contributed by atoms with Gasteiger partial charge in [-0.2, -0.15) is 0 Å². The van der Waals surface area contributed by atoms with Crippen LogP contribution in [0.3, 0.4) is 0 Å². The molecule has 0 amide bonds. The zero-order valence-corrected chi connectivity index (χ0v) is 13.3. The summed E-state index contributed by atoms with van der Waals surface area (Å²) in [6.45, 7) is 4.89. The fraction of sp³-hybridized carbons (Fsp3) is 0.600. The van der Waals surface area contributed by atoms with Gasteiger partial charge in [-0.25, -0.2) is 4.39 Å². The molecular weight excluding hydrogens is 297 g/mol. The Balaban J connectivity index is 2.63. The van der Waals surface area contributed by atoms with Crippen molar-refractivity contribution in [3.8, 4) is 0 Å². The average molecular weight is 320 g/mol. The van der Waals surface area contributed by atoms with Gasteiger partial charge >= 0.3 is 0 Å². The third kappa shape index (κ3) is 7.20. The van der Waals surface area contributed by atoms with Crippen LogP contribution in [0.15, 0.2) is 18.2 Å². The first-order chi connectivity index (χ1) is 10.1. The lowest BCUT2D eigenvalue weighted by Gasteiger charge is -2.25. The molecule has 0 spiro atoms. The molecule has 1 atom stereocenters. The van der Waals surface area contributed by atoms with Crippen LogP contribution in [0.4, 0.5) is 4.39 Å². The van der Waals surface area contributed by atoms with E-state index in [1.165, 1.54) is 12.1 Å². The fourth-order valence-electron chi connectivity index (χ4n) is 1.95. The number of hydrogen-bond donors (Lipinski definition) is 1. The second kappa shape index (κ2) is 10.1. The van der Waals surface area contributed by atoms with Crippen LogP contribution in [0.25, 0.3) is 0 Å². The largest absolute Gasteiger partial charge is 0.389 e. The Hall–Kier alpha value is -0.720. The van der Waals surface area contributed by atoms with E-state index in [0.717, 1.165) is 5.56 Å². The molecule has 6 heteroatoms. The molecule has 0 aliphatic heterocycles. The van der Waals surface area contributed by atoms with Gasteiger partial charge in [-0.05, 0) is 24.6 Å². The van der Waals surface area contributed by atoms with E-state index < -0.39 is 6.10 Å². The van der Waals surface area contributed by atoms with Gasteiger partial charge in [0.25, 0.3) is 0 Å². The topological polar surface area (TPSA) is 41.9 Å². The smallest absolute Gasteiger partial charge is 0.124 e. The van der Waals surface area contributed by atoms with Crippen molar-refractivity contribution in [2.75, 3.05) is 40.0 Å². The molecule has 0 fully saturated rings. The number of ether oxygens (including phenoxy) is 2. The van der Waals surface area contributed by atoms with Gasteiger partial charge in [0.15, 0.2) is 0 Å². The highest BCUT2D eigenvalue weighted by atomic mass is 35.5. The van der Waals surface area contributed by atoms with Gasteiger partial charge < -0.3 is 14.6 Å². The molecule has 0 saturated carbocycles. The molecule has 0 saturated heterocycles. The van der Waals surface area contributed by atoms with E-state index in [9.17, 15) is 9.50 Å². The van der Waals surface area contributed by atoms with Crippen molar-refractivity contribution in [2.45, 2.75) is 19.6 Å². The van der Waals surface area contributed by atoms with Crippen molar-refractivity contribution in [3.05, 3.63) is 34.6 Å². The Morgan fingerprint density at radius 3 is 2.81 bits per heavy atom. The first kappa shape index (κ1) is 18.3. The van der Waals surface area contributed by atoms with E-state index in [-0.39, 0.29) is 12.4 Å². The van der Waals surface area contributed by atoms with Gasteiger partial charge in [0.05, 0.1) is 19.3 Å². The Morgan fingerprint density at radius 1 is 1.43 bits per heavy atom. The average Bonchev–Trinajstić information content (AvgIpc) is 2.45. The van der Waals surface area contributed by atoms with E-state index in [1.54, 1.807) is 13.2 Å². The van der Waals surface area contributed by atoms with Crippen LogP contribution in [0.2, 0.25) is 5.02 Å². The van der Waals surface area contributed by atoms with Gasteiger partial charge in [-0.1, -0.05) is 17.7 Å². The van der Waals surface area contributed by atoms with E-state index in [1.807, 2.05) is 11.8 Å². The number of aliphatic hydroxyl groups excluding tert-OH is 1. The highest BCUT2D eigenvalue weighted by Gasteiger charge is 2.14. The quantitative estimate of drug-likeness (QED) is 0.718. The van der Waals surface area contributed by atoms with Gasteiger partial charge in [-0.3, -0.25) is 4.90 Å². The molecular formula is C15H23ClFNO3. The summed E-state index contributed by atoms with van der Waals surface area (Å²) in [5, 5.41) is 10.3. The van der Waals surface area contributed by atoms with Crippen molar-refractivity contribution >= 4 is 11.6 Å². The minimum Gasteiger partial charge on any atom is -0.389 e. The lowest BCUT2D eigenvalue weighted by atomic mass is 10.2. The van der Waals surface area contributed by atoms with Gasteiger partial charge in [0.2, 0.25) is 0 Å². The SMILES string of the molecule is CCOCC(O)CN(CCOC)Cc1ccc(F)cc1Cl. The molecule has 4 nitrogen and oxygen atoms in total. The normalized spacial score (nSPS) is 12.9. The molecule has 21 heavy (non-hydrogen) atoms. The zero-order chi connectivity index (χ0) is 15.7. The van der Waals surface area contributed by atoms with Crippen molar-refractivity contribution in [1.82, 2.24) is 4.90 Å². The van der Waals surface area contributed by atoms with Crippen molar-refractivity contribution in [1.29, 1.82) is 0 Å². The summed E-state index contributed by atoms with van der Waals surface area (Å²) in [6.07, 6.45) is -0.582. The Kier molecular flexibility index (Phi) is 8.80. The summed E-state index contributed by atoms with van der Waals surface area (Å²) in [6, 6.07) is 4.33. The van der Waals surface area contributed by atoms with Gasteiger partial charge in [-0.15, -0.1) is 0 Å². The number of halogens is 2. The highest BCUT2D eigenvalue weighted by molar-refractivity contribution is 6.31. The molecule has 0 bridgehead atoms. The fourth-order valence-corrected chi connectivity index (χ4v) is 2.18. The summed E-state index contributed by atoms with van der Waals surface area (Å²) >= 11 is 6.04. The van der Waals surface area contributed by atoms with Crippen molar-refractivity contribution < 1.29 is 19.0 Å². The van der Waals surface area contributed by atoms with Crippen molar-refractivity contribution in [2.24, 2.45) is 0 Å². The minimum absolute atomic E-state index is 0.289. The summed E-state index contributed by atoms with van der Waals surface area (Å²) in [4.78, 5) is 2.01. The number of benzene rings is 1. The first-order valence-electron chi connectivity index (χ1n) is 6.97. The van der Waals surface area contributed by atoms with Crippen LogP contribution in [0.1, 0.15) is 12.5 Å². The molecule has 1 N–H and O–H groups in total. The predicted octanol–water partition coefficient (Wildman–Crippen LogP) is 2.32. The molecule has 1 aromatic carbocycles. The molecule has 0 aliphatic carbocycles. The summed E-state index contributed by atoms with van der Waals surface area (Å²) < 4.78 is 23.3. The van der Waals surface area contributed by atoms with Crippen LogP contribution in [0, 0.1) is 5.82 Å². The second-order valence-electron chi connectivity index (χ2n) is 4.78. The Bertz CT molecular complexity index is 420. The third-order valence-electron chi connectivity index (χ3n) is 3.00. The minimum atomic E-state index is -0.582. The Labute approximate surface area is 130 Å². The molecule has 0 radical (unpaired) electrons. The molecule has 120 valence electrons. The summed E-state index contributed by atoms with van der Waals surface area (Å²) in [7, 11) is 1.62. The second-order valence-corrected chi connectivity index (χ2v) is 5.18. The Morgan fingerprint density at radius 2 is 2.19 bits per heavy atom. The lowest BCUT2D eigenvalue weighted by molar-refractivity contribution is 0.0149. The maximum Gasteiger partial charge on any atom is 0.124 e. The van der Waals surface area contributed by atoms with Crippen LogP contribution >= 0.6 is 11.6 Å². The molecule has 1 aromatic rings. The standard InChI is InChI=1S/C15H23ClFNO3/c1-3-21-11-14(19)10-18(6-7-20-2)9-12-4-5-13(17)8-15(12)16/h4-5,8,14,19H,3,6-7,9-11H2,1-2H3.